The van der Waals surface area contributed by atoms with Crippen molar-refractivity contribution in [2.45, 2.75) is 12.8 Å². The number of rotatable bonds is 8. The number of quaternary nitrogens is 1. The highest BCUT2D eigenvalue weighted by atomic mass is 15.4. The van der Waals surface area contributed by atoms with Crippen LogP contribution in [0.1, 0.15) is 12.8 Å². The molecule has 17 heavy (non-hydrogen) atoms. The highest BCUT2D eigenvalue weighted by Crippen LogP contribution is 2.26. The molecule has 0 fully saturated rings. The van der Waals surface area contributed by atoms with Crippen molar-refractivity contribution >= 4 is 5.84 Å². The summed E-state index contributed by atoms with van der Waals surface area (Å²) in [4.78, 5) is 4.67. The van der Waals surface area contributed by atoms with Crippen LogP contribution in [0.25, 0.3) is 0 Å². The van der Waals surface area contributed by atoms with Gasteiger partial charge in [0.25, 0.3) is 0 Å². The molecule has 0 bridgehead atoms. The zero-order chi connectivity index (χ0) is 12.7. The van der Waals surface area contributed by atoms with Crippen molar-refractivity contribution < 1.29 is 4.48 Å². The van der Waals surface area contributed by atoms with Gasteiger partial charge >= 0.3 is 0 Å². The average molecular weight is 229 g/mol. The molecule has 0 radical (unpaired) electrons. The van der Waals surface area contributed by atoms with E-state index in [9.17, 15) is 0 Å². The Morgan fingerprint density at radius 3 is 2.00 bits per heavy atom. The smallest absolute Gasteiger partial charge is 0.212 e. The SMILES string of the molecule is C=CCC1=C[N+](CC=C)(CC=C)C(CC=C)=N1. The van der Waals surface area contributed by atoms with E-state index in [1.54, 1.807) is 0 Å². The second-order valence-corrected chi connectivity index (χ2v) is 4.11. The highest BCUT2D eigenvalue weighted by molar-refractivity contribution is 5.80. The molecular weight excluding hydrogens is 208 g/mol. The molecule has 0 spiro atoms. The Labute approximate surface area is 104 Å². The van der Waals surface area contributed by atoms with E-state index in [4.69, 9.17) is 0 Å². The fourth-order valence-electron chi connectivity index (χ4n) is 2.11. The Morgan fingerprint density at radius 2 is 1.53 bits per heavy atom. The molecule has 0 saturated heterocycles. The Balaban J connectivity index is 3.09. The molecule has 2 heteroatoms. The monoisotopic (exact) mass is 229 g/mol. The first-order valence-electron chi connectivity index (χ1n) is 5.82. The Morgan fingerprint density at radius 1 is 0.941 bits per heavy atom. The number of hydrogen-bond acceptors (Lipinski definition) is 1. The van der Waals surface area contributed by atoms with Crippen LogP contribution in [-0.4, -0.2) is 23.4 Å². The van der Waals surface area contributed by atoms with E-state index < -0.39 is 0 Å². The molecule has 1 heterocycles. The van der Waals surface area contributed by atoms with Gasteiger partial charge in [0.05, 0.1) is 6.42 Å². The van der Waals surface area contributed by atoms with Crippen molar-refractivity contribution in [3.05, 3.63) is 62.5 Å². The molecule has 0 atom stereocenters. The van der Waals surface area contributed by atoms with Gasteiger partial charge in [-0.1, -0.05) is 25.3 Å². The summed E-state index contributed by atoms with van der Waals surface area (Å²) in [5.41, 5.74) is 1.07. The molecule has 0 aromatic carbocycles. The summed E-state index contributed by atoms with van der Waals surface area (Å²) in [5, 5.41) is 0. The number of allylic oxidation sites excluding steroid dienone is 1. The number of amidine groups is 1. The van der Waals surface area contributed by atoms with Crippen LogP contribution < -0.4 is 0 Å². The number of hydrogen-bond donors (Lipinski definition) is 0. The standard InChI is InChI=1S/C15H21N2/c1-5-9-14-13-17(11-7-3,12-8-4)15(16-14)10-6-2/h5-8,13H,1-4,9-12H2/q+1. The van der Waals surface area contributed by atoms with E-state index in [2.05, 4.69) is 37.5 Å². The van der Waals surface area contributed by atoms with E-state index in [0.29, 0.717) is 4.48 Å². The molecule has 1 rings (SSSR count). The van der Waals surface area contributed by atoms with Gasteiger partial charge in [0.1, 0.15) is 25.0 Å². The second-order valence-electron chi connectivity index (χ2n) is 4.11. The van der Waals surface area contributed by atoms with Crippen LogP contribution in [0, 0.1) is 0 Å². The van der Waals surface area contributed by atoms with Gasteiger partial charge in [0.15, 0.2) is 0 Å². The minimum Gasteiger partial charge on any atom is -0.244 e. The summed E-state index contributed by atoms with van der Waals surface area (Å²) in [5.74, 6) is 1.11. The summed E-state index contributed by atoms with van der Waals surface area (Å²) in [7, 11) is 0. The van der Waals surface area contributed by atoms with Crippen molar-refractivity contribution in [2.24, 2.45) is 4.99 Å². The highest BCUT2D eigenvalue weighted by Gasteiger charge is 2.34. The zero-order valence-corrected chi connectivity index (χ0v) is 10.4. The summed E-state index contributed by atoms with van der Waals surface area (Å²) in [6.45, 7) is 16.9. The molecule has 0 aliphatic carbocycles. The van der Waals surface area contributed by atoms with Crippen LogP contribution in [0.15, 0.2) is 67.5 Å². The molecule has 0 saturated carbocycles. The van der Waals surface area contributed by atoms with Crippen LogP contribution >= 0.6 is 0 Å². The maximum Gasteiger partial charge on any atom is 0.212 e. The fraction of sp³-hybridized carbons (Fsp3) is 0.267. The Hall–Kier alpha value is -1.67. The van der Waals surface area contributed by atoms with E-state index in [0.717, 1.165) is 37.5 Å². The van der Waals surface area contributed by atoms with Gasteiger partial charge in [-0.3, -0.25) is 0 Å². The molecule has 0 unspecified atom stereocenters. The lowest BCUT2D eigenvalue weighted by atomic mass is 10.2. The van der Waals surface area contributed by atoms with Crippen molar-refractivity contribution in [2.75, 3.05) is 13.1 Å². The van der Waals surface area contributed by atoms with Crippen molar-refractivity contribution in [1.82, 2.24) is 0 Å². The number of aliphatic imine (C=N–C) groups is 1. The van der Waals surface area contributed by atoms with E-state index in [-0.39, 0.29) is 0 Å². The molecule has 0 aromatic rings. The Kier molecular flexibility index (Phi) is 4.85. The molecule has 90 valence electrons. The van der Waals surface area contributed by atoms with Gasteiger partial charge in [0.2, 0.25) is 5.84 Å². The maximum absolute atomic E-state index is 4.67. The third-order valence-corrected chi connectivity index (χ3v) is 2.77. The van der Waals surface area contributed by atoms with Crippen LogP contribution in [0.2, 0.25) is 0 Å². The average Bonchev–Trinajstić information content (AvgIpc) is 2.59. The largest absolute Gasteiger partial charge is 0.244 e. The molecule has 0 N–H and O–H groups in total. The fourth-order valence-corrected chi connectivity index (χ4v) is 2.11. The summed E-state index contributed by atoms with van der Waals surface area (Å²) in [6.07, 6.45) is 11.4. The van der Waals surface area contributed by atoms with E-state index in [1.807, 2.05) is 24.3 Å². The summed E-state index contributed by atoms with van der Waals surface area (Å²) in [6, 6.07) is 0. The predicted octanol–water partition coefficient (Wildman–Crippen LogP) is 3.58. The quantitative estimate of drug-likeness (QED) is 0.445. The van der Waals surface area contributed by atoms with Crippen LogP contribution in [0.4, 0.5) is 0 Å². The first-order valence-corrected chi connectivity index (χ1v) is 5.82. The van der Waals surface area contributed by atoms with Crippen LogP contribution in [0.5, 0.6) is 0 Å². The van der Waals surface area contributed by atoms with Gasteiger partial charge in [-0.25, -0.2) is 4.48 Å². The lowest BCUT2D eigenvalue weighted by Gasteiger charge is -2.29. The molecular formula is C15H21N2+. The molecule has 1 aliphatic rings. The first kappa shape index (κ1) is 13.4. The molecule has 0 aromatic heterocycles. The maximum atomic E-state index is 4.67. The van der Waals surface area contributed by atoms with E-state index >= 15 is 0 Å². The van der Waals surface area contributed by atoms with Crippen LogP contribution in [0.3, 0.4) is 0 Å². The van der Waals surface area contributed by atoms with Crippen LogP contribution in [-0.2, 0) is 0 Å². The topological polar surface area (TPSA) is 12.4 Å². The lowest BCUT2D eigenvalue weighted by molar-refractivity contribution is -0.774. The summed E-state index contributed by atoms with van der Waals surface area (Å²) < 4.78 is 0.697. The third-order valence-electron chi connectivity index (χ3n) is 2.77. The van der Waals surface area contributed by atoms with Gasteiger partial charge < -0.3 is 0 Å². The Bertz CT molecular complexity index is 376. The zero-order valence-electron chi connectivity index (χ0n) is 10.4. The second kappa shape index (κ2) is 6.16. The van der Waals surface area contributed by atoms with Gasteiger partial charge in [-0.2, -0.15) is 4.99 Å². The molecule has 1 aliphatic heterocycles. The molecule has 0 amide bonds. The van der Waals surface area contributed by atoms with Gasteiger partial charge in [-0.05, 0) is 12.2 Å². The minimum atomic E-state index is 0.697. The van der Waals surface area contributed by atoms with Crippen molar-refractivity contribution in [3.63, 3.8) is 0 Å². The predicted molar refractivity (Wildman–Crippen MR) is 75.5 cm³/mol. The minimum absolute atomic E-state index is 0.697. The molecule has 2 nitrogen and oxygen atoms in total. The van der Waals surface area contributed by atoms with Gasteiger partial charge in [-0.15, -0.1) is 13.2 Å². The van der Waals surface area contributed by atoms with Gasteiger partial charge in [0, 0.05) is 6.42 Å². The third kappa shape index (κ3) is 2.92. The van der Waals surface area contributed by atoms with E-state index in [1.165, 1.54) is 0 Å². The normalized spacial score (nSPS) is 16.9. The van der Waals surface area contributed by atoms with Crippen molar-refractivity contribution in [1.29, 1.82) is 0 Å². The lowest BCUT2D eigenvalue weighted by Crippen LogP contribution is -2.46. The number of nitrogens with zero attached hydrogens (tertiary/aromatic N) is 2. The summed E-state index contributed by atoms with van der Waals surface area (Å²) >= 11 is 0. The first-order chi connectivity index (χ1) is 8.22. The van der Waals surface area contributed by atoms with Crippen molar-refractivity contribution in [3.8, 4) is 0 Å².